The second kappa shape index (κ2) is 12.7. The number of benzene rings is 3. The number of hydrogen-bond acceptors (Lipinski definition) is 4. The second-order valence-corrected chi connectivity index (χ2v) is 12.2. The zero-order chi connectivity index (χ0) is 27.2. The first-order chi connectivity index (χ1) is 17.5. The van der Waals surface area contributed by atoms with E-state index in [4.69, 9.17) is 0 Å². The quantitative estimate of drug-likeness (QED) is 0.324. The van der Waals surface area contributed by atoms with Gasteiger partial charge in [0.15, 0.2) is 0 Å². The van der Waals surface area contributed by atoms with Crippen LogP contribution in [-0.2, 0) is 26.2 Å². The molecule has 3 aromatic rings. The summed E-state index contributed by atoms with van der Waals surface area (Å²) in [7, 11) is -4.09. The molecule has 1 N–H and O–H groups in total. The second-order valence-electron chi connectivity index (χ2n) is 8.52. The highest BCUT2D eigenvalue weighted by Gasteiger charge is 2.32. The van der Waals surface area contributed by atoms with Gasteiger partial charge in [-0.25, -0.2) is 8.42 Å². The van der Waals surface area contributed by atoms with Gasteiger partial charge in [-0.2, -0.15) is 0 Å². The van der Waals surface area contributed by atoms with E-state index in [9.17, 15) is 18.0 Å². The lowest BCUT2D eigenvalue weighted by molar-refractivity contribution is -0.139. The lowest BCUT2D eigenvalue weighted by atomic mass is 10.1. The minimum absolute atomic E-state index is 0.0733. The number of rotatable bonds is 10. The average Bonchev–Trinajstić information content (AvgIpc) is 2.86. The van der Waals surface area contributed by atoms with Gasteiger partial charge in [-0.15, -0.1) is 0 Å². The molecule has 2 amide bonds. The van der Waals surface area contributed by atoms with Gasteiger partial charge in [-0.1, -0.05) is 61.7 Å². The molecule has 0 fully saturated rings. The van der Waals surface area contributed by atoms with Crippen molar-refractivity contribution in [1.82, 2.24) is 10.2 Å². The number of carbonyl (C=O) groups is 2. The molecular weight excluding hydrogens is 622 g/mol. The molecule has 3 aromatic carbocycles. The fourth-order valence-corrected chi connectivity index (χ4v) is 5.84. The van der Waals surface area contributed by atoms with E-state index in [1.165, 1.54) is 17.0 Å². The fraction of sp³-hybridized carbons (Fsp3) is 0.259. The predicted molar refractivity (Wildman–Crippen MR) is 153 cm³/mol. The van der Waals surface area contributed by atoms with Crippen LogP contribution in [0.1, 0.15) is 25.0 Å². The van der Waals surface area contributed by atoms with Gasteiger partial charge < -0.3 is 10.2 Å². The summed E-state index contributed by atoms with van der Waals surface area (Å²) in [6.07, 6.45) is 0. The molecule has 0 heterocycles. The summed E-state index contributed by atoms with van der Waals surface area (Å²) in [4.78, 5) is 28.0. The lowest BCUT2D eigenvalue weighted by Gasteiger charge is -2.32. The largest absolute Gasteiger partial charge is 0.355 e. The Balaban J connectivity index is 2.02. The Hall–Kier alpha value is -2.69. The average molecular weight is 651 g/mol. The monoisotopic (exact) mass is 649 g/mol. The van der Waals surface area contributed by atoms with Crippen LogP contribution >= 0.6 is 31.9 Å². The van der Waals surface area contributed by atoms with Gasteiger partial charge in [0, 0.05) is 22.0 Å². The van der Waals surface area contributed by atoms with Crippen LogP contribution in [0, 0.1) is 6.92 Å². The van der Waals surface area contributed by atoms with E-state index in [0.717, 1.165) is 24.4 Å². The van der Waals surface area contributed by atoms with Crippen LogP contribution in [0.5, 0.6) is 0 Å². The molecule has 0 spiro atoms. The van der Waals surface area contributed by atoms with Crippen molar-refractivity contribution in [2.75, 3.05) is 17.4 Å². The van der Waals surface area contributed by atoms with Crippen molar-refractivity contribution in [3.05, 3.63) is 92.9 Å². The predicted octanol–water partition coefficient (Wildman–Crippen LogP) is 5.27. The summed E-state index contributed by atoms with van der Waals surface area (Å²) in [5, 5.41) is 2.75. The van der Waals surface area contributed by atoms with Crippen LogP contribution < -0.4 is 9.62 Å². The minimum Gasteiger partial charge on any atom is -0.355 e. The number of likely N-dealkylation sites (N-methyl/N-ethyl adjacent to an activating group) is 1. The van der Waals surface area contributed by atoms with Gasteiger partial charge in [-0.3, -0.25) is 13.9 Å². The van der Waals surface area contributed by atoms with E-state index in [1.54, 1.807) is 50.2 Å². The number of amides is 2. The molecule has 1 atom stereocenters. The molecule has 196 valence electrons. The number of nitrogens with one attached hydrogen (secondary N) is 1. The third-order valence-corrected chi connectivity index (χ3v) is 8.57. The van der Waals surface area contributed by atoms with Crippen molar-refractivity contribution in [1.29, 1.82) is 0 Å². The van der Waals surface area contributed by atoms with Gasteiger partial charge in [0.2, 0.25) is 11.8 Å². The summed E-state index contributed by atoms with van der Waals surface area (Å²) in [5.41, 5.74) is 2.06. The maximum Gasteiger partial charge on any atom is 0.264 e. The van der Waals surface area contributed by atoms with Crippen molar-refractivity contribution in [3.8, 4) is 0 Å². The Labute approximate surface area is 235 Å². The van der Waals surface area contributed by atoms with Crippen LogP contribution in [0.25, 0.3) is 0 Å². The van der Waals surface area contributed by atoms with Gasteiger partial charge in [0.1, 0.15) is 12.6 Å². The van der Waals surface area contributed by atoms with Crippen LogP contribution in [0.15, 0.2) is 86.6 Å². The van der Waals surface area contributed by atoms with Crippen molar-refractivity contribution in [2.45, 2.75) is 38.3 Å². The first-order valence-electron chi connectivity index (χ1n) is 11.7. The zero-order valence-corrected chi connectivity index (χ0v) is 24.8. The van der Waals surface area contributed by atoms with Crippen LogP contribution in [-0.4, -0.2) is 44.3 Å². The van der Waals surface area contributed by atoms with E-state index in [2.05, 4.69) is 37.2 Å². The molecule has 0 bridgehead atoms. The molecule has 0 aliphatic heterocycles. The summed E-state index contributed by atoms with van der Waals surface area (Å²) in [6.45, 7) is 5.38. The number of sulfonamides is 1. The number of aryl methyl sites for hydroxylation is 1. The summed E-state index contributed by atoms with van der Waals surface area (Å²) in [5.74, 6) is -0.820. The maximum absolute atomic E-state index is 13.8. The van der Waals surface area contributed by atoms with Crippen molar-refractivity contribution >= 4 is 59.4 Å². The molecule has 37 heavy (non-hydrogen) atoms. The molecule has 10 heteroatoms. The van der Waals surface area contributed by atoms with Crippen LogP contribution in [0.4, 0.5) is 5.69 Å². The van der Waals surface area contributed by atoms with Crippen molar-refractivity contribution in [3.63, 3.8) is 0 Å². The maximum atomic E-state index is 13.8. The van der Waals surface area contributed by atoms with Gasteiger partial charge in [0.05, 0.1) is 10.6 Å². The Morgan fingerprint density at radius 1 is 0.946 bits per heavy atom. The number of anilines is 1. The SMILES string of the molecule is CCNC(=O)[C@H](C)N(Cc1cccc(Br)c1)C(=O)CN(c1ccc(Br)cc1)S(=O)(=O)c1ccc(C)cc1. The van der Waals surface area contributed by atoms with E-state index < -0.39 is 28.5 Å². The number of halogens is 2. The Morgan fingerprint density at radius 3 is 2.19 bits per heavy atom. The highest BCUT2D eigenvalue weighted by molar-refractivity contribution is 9.10. The first kappa shape index (κ1) is 28.9. The van der Waals surface area contributed by atoms with Crippen molar-refractivity contribution in [2.24, 2.45) is 0 Å². The lowest BCUT2D eigenvalue weighted by Crippen LogP contribution is -2.51. The number of carbonyl (C=O) groups excluding carboxylic acids is 2. The molecule has 0 saturated heterocycles. The number of nitrogens with zero attached hydrogens (tertiary/aromatic N) is 2. The topological polar surface area (TPSA) is 86.8 Å². The molecule has 0 aromatic heterocycles. The molecule has 0 saturated carbocycles. The van der Waals surface area contributed by atoms with Gasteiger partial charge in [0.25, 0.3) is 10.0 Å². The Morgan fingerprint density at radius 2 is 1.59 bits per heavy atom. The van der Waals surface area contributed by atoms with Gasteiger partial charge >= 0.3 is 0 Å². The molecule has 0 radical (unpaired) electrons. The highest BCUT2D eigenvalue weighted by atomic mass is 79.9. The molecule has 0 aliphatic rings. The van der Waals surface area contributed by atoms with Crippen LogP contribution in [0.3, 0.4) is 0 Å². The molecular formula is C27H29Br2N3O4S. The van der Waals surface area contributed by atoms with Crippen molar-refractivity contribution < 1.29 is 18.0 Å². The van der Waals surface area contributed by atoms with Crippen LogP contribution in [0.2, 0.25) is 0 Å². The minimum atomic E-state index is -4.09. The van der Waals surface area contributed by atoms with Gasteiger partial charge in [-0.05, 0) is 74.9 Å². The third kappa shape index (κ3) is 7.43. The highest BCUT2D eigenvalue weighted by Crippen LogP contribution is 2.26. The Kier molecular flexibility index (Phi) is 9.92. The molecule has 0 aliphatic carbocycles. The molecule has 0 unspecified atom stereocenters. The molecule has 3 rings (SSSR count). The van der Waals surface area contributed by atoms with E-state index in [1.807, 2.05) is 31.2 Å². The molecule has 7 nitrogen and oxygen atoms in total. The summed E-state index contributed by atoms with van der Waals surface area (Å²) in [6, 6.07) is 19.8. The first-order valence-corrected chi connectivity index (χ1v) is 14.7. The zero-order valence-electron chi connectivity index (χ0n) is 20.8. The van der Waals surface area contributed by atoms with E-state index in [0.29, 0.717) is 12.2 Å². The standard InChI is InChI=1S/C27H29Br2N3O4S/c1-4-30-27(34)20(3)31(17-21-6-5-7-23(29)16-21)26(33)18-32(24-12-10-22(28)11-13-24)37(35,36)25-14-8-19(2)9-15-25/h5-16,20H,4,17-18H2,1-3H3,(H,30,34)/t20-/m0/s1. The normalized spacial score (nSPS) is 12.0. The summed E-state index contributed by atoms with van der Waals surface area (Å²) >= 11 is 6.81. The fourth-order valence-electron chi connectivity index (χ4n) is 3.71. The van der Waals surface area contributed by atoms with E-state index in [-0.39, 0.29) is 17.3 Å². The summed E-state index contributed by atoms with van der Waals surface area (Å²) < 4.78 is 30.2. The van der Waals surface area contributed by atoms with E-state index >= 15 is 0 Å². The Bertz CT molecular complexity index is 1350. The third-order valence-electron chi connectivity index (χ3n) is 5.76. The smallest absolute Gasteiger partial charge is 0.264 e. The number of hydrogen-bond donors (Lipinski definition) is 1.